The molecule has 55 heavy (non-hydrogen) atoms. The van der Waals surface area contributed by atoms with Crippen LogP contribution in [0.25, 0.3) is 10.9 Å². The van der Waals surface area contributed by atoms with Gasteiger partial charge in [-0.2, -0.15) is 0 Å². The van der Waals surface area contributed by atoms with Crippen molar-refractivity contribution in [2.24, 2.45) is 5.92 Å². The third kappa shape index (κ3) is 9.11. The van der Waals surface area contributed by atoms with E-state index in [4.69, 9.17) is 18.9 Å². The van der Waals surface area contributed by atoms with E-state index in [0.717, 1.165) is 18.4 Å². The number of nitrogens with one attached hydrogen (secondary N) is 3. The highest BCUT2D eigenvalue weighted by Crippen LogP contribution is 2.46. The lowest BCUT2D eigenvalue weighted by molar-refractivity contribution is -0.141. The molecule has 3 heterocycles. The summed E-state index contributed by atoms with van der Waals surface area (Å²) in [4.78, 5) is 61.9. The van der Waals surface area contributed by atoms with Crippen LogP contribution in [0.4, 0.5) is 4.79 Å². The maximum absolute atomic E-state index is 14.6. The average Bonchev–Trinajstić information content (AvgIpc) is 4.03. The number of rotatable bonds is 9. The van der Waals surface area contributed by atoms with Crippen molar-refractivity contribution in [2.45, 2.75) is 127 Å². The van der Waals surface area contributed by atoms with Gasteiger partial charge < -0.3 is 34.5 Å². The summed E-state index contributed by atoms with van der Waals surface area (Å²) in [6.45, 7) is 9.23. The SMILES string of the molecule is CCOc1cc(O[C@@H]2C[C@H]3C(=O)N[C@]4(C(=O)NS(=O)(=O)C5CC5)C[C@H]4/C=C\CCCCC[C@H](NC(=O)OC(C)(C)C)C(=O)N3C2)c2ccc(OC)c(C)c2n1. The van der Waals surface area contributed by atoms with E-state index in [9.17, 15) is 27.6 Å². The summed E-state index contributed by atoms with van der Waals surface area (Å²) in [7, 11) is -2.33. The predicted molar refractivity (Wildman–Crippen MR) is 203 cm³/mol. The monoisotopic (exact) mass is 783 g/mol. The van der Waals surface area contributed by atoms with Crippen molar-refractivity contribution in [3.8, 4) is 17.4 Å². The first-order valence-corrected chi connectivity index (χ1v) is 20.7. The second kappa shape index (κ2) is 15.9. The number of hydrogen-bond donors (Lipinski definition) is 3. The number of ether oxygens (including phenoxy) is 4. The predicted octanol–water partition coefficient (Wildman–Crippen LogP) is 4.20. The normalized spacial score (nSPS) is 26.7. The highest BCUT2D eigenvalue weighted by Gasteiger charge is 2.62. The number of fused-ring (bicyclic) bond motifs is 3. The molecule has 2 aromatic rings. The molecule has 1 aromatic carbocycles. The molecule has 1 aromatic heterocycles. The minimum atomic E-state index is -3.90. The molecule has 2 saturated carbocycles. The second-order valence-corrected chi connectivity index (χ2v) is 17.8. The van der Waals surface area contributed by atoms with Crippen molar-refractivity contribution in [1.82, 2.24) is 25.2 Å². The molecule has 0 unspecified atom stereocenters. The Morgan fingerprint density at radius 3 is 2.55 bits per heavy atom. The Morgan fingerprint density at radius 2 is 1.85 bits per heavy atom. The lowest BCUT2D eigenvalue weighted by atomic mass is 10.0. The minimum absolute atomic E-state index is 0.0229. The van der Waals surface area contributed by atoms with Crippen LogP contribution in [-0.4, -0.2) is 97.0 Å². The molecular weight excluding hydrogens is 731 g/mol. The van der Waals surface area contributed by atoms with E-state index in [2.05, 4.69) is 20.3 Å². The molecule has 0 radical (unpaired) electrons. The first kappa shape index (κ1) is 40.1. The van der Waals surface area contributed by atoms with Gasteiger partial charge in [-0.3, -0.25) is 19.1 Å². The first-order valence-electron chi connectivity index (χ1n) is 19.2. The van der Waals surface area contributed by atoms with Crippen LogP contribution in [0, 0.1) is 12.8 Å². The fraction of sp³-hybridized carbons (Fsp3) is 0.615. The van der Waals surface area contributed by atoms with Gasteiger partial charge in [0.1, 0.15) is 40.8 Å². The molecule has 0 bridgehead atoms. The number of aromatic nitrogens is 1. The van der Waals surface area contributed by atoms with E-state index >= 15 is 0 Å². The summed E-state index contributed by atoms with van der Waals surface area (Å²) < 4.78 is 51.4. The van der Waals surface area contributed by atoms with Gasteiger partial charge in [-0.15, -0.1) is 0 Å². The van der Waals surface area contributed by atoms with Gasteiger partial charge in [-0.05, 0) is 85.3 Å². The van der Waals surface area contributed by atoms with Crippen molar-refractivity contribution in [3.63, 3.8) is 0 Å². The highest BCUT2D eigenvalue weighted by atomic mass is 32.2. The average molecular weight is 784 g/mol. The second-order valence-electron chi connectivity index (χ2n) is 15.9. The van der Waals surface area contributed by atoms with Crippen molar-refractivity contribution < 1.29 is 46.5 Å². The fourth-order valence-corrected chi connectivity index (χ4v) is 8.74. The molecule has 3 N–H and O–H groups in total. The topological polar surface area (TPSA) is 192 Å². The zero-order chi connectivity index (χ0) is 39.7. The summed E-state index contributed by atoms with van der Waals surface area (Å²) in [5.74, 6) is -0.970. The van der Waals surface area contributed by atoms with Gasteiger partial charge in [-0.25, -0.2) is 18.2 Å². The first-order chi connectivity index (χ1) is 26.0. The molecule has 3 fully saturated rings. The number of aryl methyl sites for hydroxylation is 1. The molecule has 15 nitrogen and oxygen atoms in total. The van der Waals surface area contributed by atoms with Gasteiger partial charge in [-0.1, -0.05) is 25.0 Å². The van der Waals surface area contributed by atoms with Crippen LogP contribution in [0.15, 0.2) is 30.4 Å². The van der Waals surface area contributed by atoms with E-state index in [1.54, 1.807) is 33.9 Å². The van der Waals surface area contributed by atoms with E-state index in [0.29, 0.717) is 67.0 Å². The molecule has 5 atom stereocenters. The number of hydrogen-bond acceptors (Lipinski definition) is 11. The highest BCUT2D eigenvalue weighted by molar-refractivity contribution is 7.91. The Morgan fingerprint density at radius 1 is 1.09 bits per heavy atom. The number of carbonyl (C=O) groups is 4. The molecule has 2 aliphatic heterocycles. The standard InChI is InChI=1S/C39H53N5O10S/c1-7-52-32-20-31(27-17-18-30(51-6)23(2)33(27)41-32)53-25-19-29-34(45)42-39(36(47)43-55(49,50)26-15-16-26)21-24(39)13-11-9-8-10-12-14-28(35(46)44(29)22-25)40-37(48)54-38(3,4)5/h11,13,17-18,20,24-26,28-29H,7-10,12,14-16,19,21-22H2,1-6H3,(H,40,48)(H,42,45)(H,43,47)/b13-11-/t24-,25-,28+,29+,39-/m1/s1. The van der Waals surface area contributed by atoms with Gasteiger partial charge in [0.2, 0.25) is 27.7 Å². The smallest absolute Gasteiger partial charge is 0.408 e. The quantitative estimate of drug-likeness (QED) is 0.309. The van der Waals surface area contributed by atoms with Gasteiger partial charge in [0.05, 0.1) is 31.0 Å². The summed E-state index contributed by atoms with van der Waals surface area (Å²) in [5, 5.41) is 5.68. The van der Waals surface area contributed by atoms with E-state index in [1.807, 2.05) is 38.1 Å². The van der Waals surface area contributed by atoms with Crippen LogP contribution in [0.5, 0.6) is 17.4 Å². The number of alkyl carbamates (subject to hydrolysis) is 1. The Hall–Kier alpha value is -4.60. The van der Waals surface area contributed by atoms with Crippen LogP contribution in [0.2, 0.25) is 0 Å². The van der Waals surface area contributed by atoms with Crippen LogP contribution < -0.4 is 29.6 Å². The van der Waals surface area contributed by atoms with Crippen LogP contribution >= 0.6 is 0 Å². The number of pyridine rings is 1. The molecule has 1 saturated heterocycles. The Kier molecular flexibility index (Phi) is 11.6. The molecular formula is C39H53N5O10S. The van der Waals surface area contributed by atoms with Crippen molar-refractivity contribution in [1.29, 1.82) is 0 Å². The van der Waals surface area contributed by atoms with Gasteiger partial charge in [0.25, 0.3) is 5.91 Å². The van der Waals surface area contributed by atoms with Crippen molar-refractivity contribution >= 4 is 44.7 Å². The maximum Gasteiger partial charge on any atom is 0.408 e. The zero-order valence-corrected chi connectivity index (χ0v) is 33.3. The molecule has 4 amide bonds. The van der Waals surface area contributed by atoms with Gasteiger partial charge in [0.15, 0.2) is 0 Å². The number of methoxy groups -OCH3 is 1. The molecule has 2 aliphatic carbocycles. The van der Waals surface area contributed by atoms with E-state index in [1.165, 1.54) is 4.90 Å². The Bertz CT molecular complexity index is 1960. The van der Waals surface area contributed by atoms with Gasteiger partial charge >= 0.3 is 6.09 Å². The van der Waals surface area contributed by atoms with E-state index in [-0.39, 0.29) is 19.4 Å². The lowest BCUT2D eigenvalue weighted by Crippen LogP contribution is -2.58. The van der Waals surface area contributed by atoms with Crippen LogP contribution in [0.1, 0.15) is 91.0 Å². The van der Waals surface area contributed by atoms with Crippen LogP contribution in [0.3, 0.4) is 0 Å². The van der Waals surface area contributed by atoms with E-state index < -0.39 is 74.3 Å². The van der Waals surface area contributed by atoms with Crippen molar-refractivity contribution in [2.75, 3.05) is 20.3 Å². The summed E-state index contributed by atoms with van der Waals surface area (Å²) in [6, 6.07) is 3.17. The molecule has 300 valence electrons. The van der Waals surface area contributed by atoms with Crippen molar-refractivity contribution in [3.05, 3.63) is 35.9 Å². The molecule has 0 spiro atoms. The van der Waals surface area contributed by atoms with Gasteiger partial charge in [0, 0.05) is 29.4 Å². The summed E-state index contributed by atoms with van der Waals surface area (Å²) >= 11 is 0. The number of allylic oxidation sites excluding steroid dienone is 1. The maximum atomic E-state index is 14.6. The fourth-order valence-electron chi connectivity index (χ4n) is 7.37. The number of carbonyl (C=O) groups excluding carboxylic acids is 4. The Balaban J connectivity index is 1.34. The zero-order valence-electron chi connectivity index (χ0n) is 32.4. The molecule has 6 rings (SSSR count). The molecule has 4 aliphatic rings. The third-order valence-corrected chi connectivity index (χ3v) is 12.3. The largest absolute Gasteiger partial charge is 0.496 e. The third-order valence-electron chi connectivity index (χ3n) is 10.5. The molecule has 16 heteroatoms. The number of nitrogens with zero attached hydrogens (tertiary/aromatic N) is 2. The summed E-state index contributed by atoms with van der Waals surface area (Å²) in [6.07, 6.45) is 6.68. The lowest BCUT2D eigenvalue weighted by Gasteiger charge is -2.30. The summed E-state index contributed by atoms with van der Waals surface area (Å²) in [5.41, 5.74) is -0.948. The number of benzene rings is 1. The number of amides is 4. The Labute approximate surface area is 322 Å². The minimum Gasteiger partial charge on any atom is -0.496 e. The number of sulfonamides is 1. The van der Waals surface area contributed by atoms with Crippen LogP contribution in [-0.2, 0) is 29.1 Å².